The highest BCUT2D eigenvalue weighted by atomic mass is 16.3. The molecule has 96 valence electrons. The van der Waals surface area contributed by atoms with Crippen LogP contribution < -0.4 is 5.32 Å². The summed E-state index contributed by atoms with van der Waals surface area (Å²) in [5, 5.41) is 13.0. The summed E-state index contributed by atoms with van der Waals surface area (Å²) in [5.41, 5.74) is 3.74. The van der Waals surface area contributed by atoms with Crippen LogP contribution in [-0.2, 0) is 0 Å². The normalized spacial score (nSPS) is 11.6. The molecule has 1 aromatic rings. The third-order valence-corrected chi connectivity index (χ3v) is 3.87. The van der Waals surface area contributed by atoms with E-state index in [0.717, 1.165) is 19.4 Å². The Labute approximate surface area is 105 Å². The molecule has 2 heteroatoms. The molecule has 0 amide bonds. The van der Waals surface area contributed by atoms with Crippen LogP contribution in [0.4, 0.5) is 5.69 Å². The number of benzene rings is 1. The van der Waals surface area contributed by atoms with Crippen molar-refractivity contribution in [2.75, 3.05) is 18.5 Å². The number of anilines is 1. The zero-order chi connectivity index (χ0) is 12.9. The largest absolute Gasteiger partial charge is 0.396 e. The molecular weight excluding hydrogens is 210 g/mol. The monoisotopic (exact) mass is 235 g/mol. The summed E-state index contributed by atoms with van der Waals surface area (Å²) in [6.45, 7) is 9.59. The second kappa shape index (κ2) is 6.06. The third kappa shape index (κ3) is 3.47. The molecule has 0 heterocycles. The summed E-state index contributed by atoms with van der Waals surface area (Å²) in [4.78, 5) is 0. The SMILES string of the molecule is CCC(CC)(CO)CNc1ccc(C)cc1C. The smallest absolute Gasteiger partial charge is 0.0504 e. The Hall–Kier alpha value is -1.02. The van der Waals surface area contributed by atoms with Gasteiger partial charge in [0, 0.05) is 17.6 Å². The lowest BCUT2D eigenvalue weighted by Crippen LogP contribution is -2.32. The Morgan fingerprint density at radius 2 is 1.82 bits per heavy atom. The highest BCUT2D eigenvalue weighted by molar-refractivity contribution is 5.52. The first kappa shape index (κ1) is 14.0. The number of nitrogens with one attached hydrogen (secondary N) is 1. The summed E-state index contributed by atoms with van der Waals surface area (Å²) >= 11 is 0. The van der Waals surface area contributed by atoms with Gasteiger partial charge in [-0.3, -0.25) is 0 Å². The zero-order valence-electron chi connectivity index (χ0n) is 11.5. The second-order valence-corrected chi connectivity index (χ2v) is 5.04. The average molecular weight is 235 g/mol. The fraction of sp³-hybridized carbons (Fsp3) is 0.600. The van der Waals surface area contributed by atoms with Crippen molar-refractivity contribution >= 4 is 5.69 Å². The molecule has 0 saturated heterocycles. The van der Waals surface area contributed by atoms with Crippen LogP contribution in [0.1, 0.15) is 37.8 Å². The molecule has 0 bridgehead atoms. The molecule has 0 radical (unpaired) electrons. The van der Waals surface area contributed by atoms with Crippen molar-refractivity contribution in [3.8, 4) is 0 Å². The van der Waals surface area contributed by atoms with Crippen molar-refractivity contribution in [1.82, 2.24) is 0 Å². The van der Waals surface area contributed by atoms with Gasteiger partial charge in [0.1, 0.15) is 0 Å². The molecule has 0 spiro atoms. The standard InChI is InChI=1S/C15H25NO/c1-5-15(6-2,11-17)10-16-14-8-7-12(3)9-13(14)4/h7-9,16-17H,5-6,10-11H2,1-4H3. The number of hydrogen-bond acceptors (Lipinski definition) is 2. The number of aliphatic hydroxyl groups is 1. The van der Waals surface area contributed by atoms with Gasteiger partial charge >= 0.3 is 0 Å². The quantitative estimate of drug-likeness (QED) is 0.790. The molecule has 2 nitrogen and oxygen atoms in total. The van der Waals surface area contributed by atoms with Crippen molar-refractivity contribution in [1.29, 1.82) is 0 Å². The minimum Gasteiger partial charge on any atom is -0.396 e. The van der Waals surface area contributed by atoms with Crippen LogP contribution in [0.3, 0.4) is 0 Å². The van der Waals surface area contributed by atoms with Gasteiger partial charge in [-0.05, 0) is 38.3 Å². The maximum Gasteiger partial charge on any atom is 0.0504 e. The van der Waals surface area contributed by atoms with Gasteiger partial charge in [0.05, 0.1) is 6.61 Å². The van der Waals surface area contributed by atoms with Crippen LogP contribution >= 0.6 is 0 Å². The topological polar surface area (TPSA) is 32.3 Å². The van der Waals surface area contributed by atoms with Crippen LogP contribution in [-0.4, -0.2) is 18.3 Å². The maximum atomic E-state index is 9.53. The lowest BCUT2D eigenvalue weighted by molar-refractivity contribution is 0.127. The van der Waals surface area contributed by atoms with E-state index in [4.69, 9.17) is 0 Å². The van der Waals surface area contributed by atoms with Crippen LogP contribution in [0.5, 0.6) is 0 Å². The van der Waals surface area contributed by atoms with Crippen molar-refractivity contribution in [3.63, 3.8) is 0 Å². The number of rotatable bonds is 6. The Balaban J connectivity index is 2.72. The predicted molar refractivity (Wildman–Crippen MR) is 74.5 cm³/mol. The highest BCUT2D eigenvalue weighted by Gasteiger charge is 2.24. The molecule has 1 aromatic carbocycles. The van der Waals surface area contributed by atoms with Crippen molar-refractivity contribution in [2.24, 2.45) is 5.41 Å². The Bertz CT molecular complexity index is 348. The fourth-order valence-electron chi connectivity index (χ4n) is 2.07. The summed E-state index contributed by atoms with van der Waals surface area (Å²) in [6, 6.07) is 6.42. The van der Waals surface area contributed by atoms with Crippen LogP contribution in [0.15, 0.2) is 18.2 Å². The molecule has 0 aliphatic carbocycles. The van der Waals surface area contributed by atoms with Crippen LogP contribution in [0, 0.1) is 19.3 Å². The van der Waals surface area contributed by atoms with E-state index in [1.165, 1.54) is 16.8 Å². The van der Waals surface area contributed by atoms with E-state index in [1.807, 2.05) is 0 Å². The Morgan fingerprint density at radius 1 is 1.18 bits per heavy atom. The molecule has 0 unspecified atom stereocenters. The Kier molecular flexibility index (Phi) is 5.01. The molecule has 0 aliphatic rings. The van der Waals surface area contributed by atoms with E-state index in [2.05, 4.69) is 51.2 Å². The molecule has 0 fully saturated rings. The lowest BCUT2D eigenvalue weighted by Gasteiger charge is -2.30. The number of aliphatic hydroxyl groups excluding tert-OH is 1. The summed E-state index contributed by atoms with van der Waals surface area (Å²) < 4.78 is 0. The highest BCUT2D eigenvalue weighted by Crippen LogP contribution is 2.27. The van der Waals surface area contributed by atoms with Crippen LogP contribution in [0.25, 0.3) is 0 Å². The van der Waals surface area contributed by atoms with E-state index < -0.39 is 0 Å². The number of hydrogen-bond donors (Lipinski definition) is 2. The lowest BCUT2D eigenvalue weighted by atomic mass is 9.83. The van der Waals surface area contributed by atoms with Crippen LogP contribution in [0.2, 0.25) is 0 Å². The maximum absolute atomic E-state index is 9.53. The first-order valence-corrected chi connectivity index (χ1v) is 6.49. The zero-order valence-corrected chi connectivity index (χ0v) is 11.5. The second-order valence-electron chi connectivity index (χ2n) is 5.04. The fourth-order valence-corrected chi connectivity index (χ4v) is 2.07. The molecular formula is C15H25NO. The van der Waals surface area contributed by atoms with Gasteiger partial charge in [-0.2, -0.15) is 0 Å². The summed E-state index contributed by atoms with van der Waals surface area (Å²) in [6.07, 6.45) is 2.00. The first-order valence-electron chi connectivity index (χ1n) is 6.49. The van der Waals surface area contributed by atoms with Gasteiger partial charge in [-0.25, -0.2) is 0 Å². The minimum atomic E-state index is 0.0112. The van der Waals surface area contributed by atoms with E-state index >= 15 is 0 Å². The number of aryl methyl sites for hydroxylation is 2. The van der Waals surface area contributed by atoms with Gasteiger partial charge in [-0.1, -0.05) is 31.5 Å². The van der Waals surface area contributed by atoms with Gasteiger partial charge in [0.15, 0.2) is 0 Å². The average Bonchev–Trinajstić information content (AvgIpc) is 2.33. The van der Waals surface area contributed by atoms with E-state index in [0.29, 0.717) is 0 Å². The summed E-state index contributed by atoms with van der Waals surface area (Å²) in [7, 11) is 0. The first-order chi connectivity index (χ1) is 8.06. The Morgan fingerprint density at radius 3 is 2.29 bits per heavy atom. The van der Waals surface area contributed by atoms with E-state index in [1.54, 1.807) is 0 Å². The molecule has 0 aliphatic heterocycles. The third-order valence-electron chi connectivity index (χ3n) is 3.87. The van der Waals surface area contributed by atoms with Gasteiger partial charge in [0.25, 0.3) is 0 Å². The molecule has 17 heavy (non-hydrogen) atoms. The molecule has 0 saturated carbocycles. The summed E-state index contributed by atoms with van der Waals surface area (Å²) in [5.74, 6) is 0. The minimum absolute atomic E-state index is 0.0112. The van der Waals surface area contributed by atoms with Crippen molar-refractivity contribution in [2.45, 2.75) is 40.5 Å². The van der Waals surface area contributed by atoms with Gasteiger partial charge in [0.2, 0.25) is 0 Å². The van der Waals surface area contributed by atoms with Crippen molar-refractivity contribution < 1.29 is 5.11 Å². The van der Waals surface area contributed by atoms with E-state index in [-0.39, 0.29) is 12.0 Å². The van der Waals surface area contributed by atoms with Crippen molar-refractivity contribution in [3.05, 3.63) is 29.3 Å². The molecule has 0 atom stereocenters. The van der Waals surface area contributed by atoms with Gasteiger partial charge < -0.3 is 10.4 Å². The molecule has 0 aromatic heterocycles. The predicted octanol–water partition coefficient (Wildman–Crippen LogP) is 3.51. The van der Waals surface area contributed by atoms with E-state index in [9.17, 15) is 5.11 Å². The molecule has 1 rings (SSSR count). The molecule has 2 N–H and O–H groups in total. The van der Waals surface area contributed by atoms with Gasteiger partial charge in [-0.15, -0.1) is 0 Å².